The van der Waals surface area contributed by atoms with E-state index in [0.717, 1.165) is 132 Å². The van der Waals surface area contributed by atoms with E-state index in [0.29, 0.717) is 60.1 Å². The third-order valence-electron chi connectivity index (χ3n) is 22.9. The zero-order valence-corrected chi connectivity index (χ0v) is 47.6. The monoisotopic (exact) mass is 1040 g/mol. The summed E-state index contributed by atoms with van der Waals surface area (Å²) in [5.41, 5.74) is 6.30. The Balaban J connectivity index is 0.000000133. The highest BCUT2D eigenvalue weighted by Crippen LogP contribution is 2.67. The quantitative estimate of drug-likeness (QED) is 0.155. The van der Waals surface area contributed by atoms with Crippen LogP contribution in [0.4, 0.5) is 0 Å². The zero-order valence-electron chi connectivity index (χ0n) is 47.6. The summed E-state index contributed by atoms with van der Waals surface area (Å²) >= 11 is 0. The molecule has 0 aliphatic heterocycles. The molecule has 11 nitrogen and oxygen atoms in total. The first kappa shape index (κ1) is 56.1. The van der Waals surface area contributed by atoms with Crippen LogP contribution in [0.5, 0.6) is 0 Å². The molecule has 14 atom stereocenters. The van der Waals surface area contributed by atoms with Crippen LogP contribution in [-0.2, 0) is 28.5 Å². The second kappa shape index (κ2) is 21.5. The molecule has 412 valence electrons. The lowest BCUT2D eigenvalue weighted by Crippen LogP contribution is -2.52. The van der Waals surface area contributed by atoms with Crippen molar-refractivity contribution in [2.24, 2.45) is 69.5 Å². The summed E-state index contributed by atoms with van der Waals surface area (Å²) in [6, 6.07) is 6.36. The predicted molar refractivity (Wildman–Crippen MR) is 290 cm³/mol. The van der Waals surface area contributed by atoms with Gasteiger partial charge in [0.2, 0.25) is 5.60 Å². The predicted octanol–water partition coefficient (Wildman–Crippen LogP) is 13.5. The largest absolute Gasteiger partial charge is 0.501 e. The van der Waals surface area contributed by atoms with Gasteiger partial charge in [0.15, 0.2) is 5.60 Å². The van der Waals surface area contributed by atoms with Gasteiger partial charge in [0.1, 0.15) is 17.5 Å². The Bertz CT molecular complexity index is 2630. The van der Waals surface area contributed by atoms with E-state index in [9.17, 15) is 25.2 Å². The summed E-state index contributed by atoms with van der Waals surface area (Å²) in [4.78, 5) is 24.0. The van der Waals surface area contributed by atoms with Crippen molar-refractivity contribution in [3.8, 4) is 18.2 Å². The number of Topliss-reactive ketones (excluding diaryl/α,β-unsaturated/α-hetero) is 1. The fourth-order valence-corrected chi connectivity index (χ4v) is 18.7. The van der Waals surface area contributed by atoms with Crippen LogP contribution in [0.25, 0.3) is 0 Å². The number of aliphatic hydroxyl groups is 2. The highest BCUT2D eigenvalue weighted by molar-refractivity contribution is 5.87. The minimum absolute atomic E-state index is 0.0153. The average Bonchev–Trinajstić information content (AvgIpc) is 4.06. The molecule has 0 spiro atoms. The molecule has 0 amide bonds. The van der Waals surface area contributed by atoms with Gasteiger partial charge in [-0.15, -0.1) is 0 Å². The number of esters is 1. The molecule has 11 heteroatoms. The molecule has 2 N–H and O–H groups in total. The normalized spacial score (nSPS) is 40.3. The summed E-state index contributed by atoms with van der Waals surface area (Å²) in [7, 11) is 5.33. The first-order chi connectivity index (χ1) is 36.2. The van der Waals surface area contributed by atoms with E-state index >= 15 is 0 Å². The second-order valence-corrected chi connectivity index (χ2v) is 26.5. The molecule has 0 saturated heterocycles. The number of nitrogens with zero attached hydrogens (tertiary/aromatic N) is 3. The zero-order chi connectivity index (χ0) is 54.6. The van der Waals surface area contributed by atoms with E-state index in [2.05, 4.69) is 51.1 Å². The van der Waals surface area contributed by atoms with E-state index in [-0.39, 0.29) is 22.2 Å². The number of allylic oxidation sites excluding steroid dienone is 9. The molecule has 0 heterocycles. The van der Waals surface area contributed by atoms with Gasteiger partial charge in [0, 0.05) is 55.3 Å². The van der Waals surface area contributed by atoms with Crippen LogP contribution < -0.4 is 0 Å². The van der Waals surface area contributed by atoms with Gasteiger partial charge in [-0.3, -0.25) is 9.59 Å². The molecule has 0 aromatic heterocycles. The Kier molecular flexibility index (Phi) is 15.9. The highest BCUT2D eigenvalue weighted by Gasteiger charge is 2.65. The van der Waals surface area contributed by atoms with Crippen molar-refractivity contribution in [1.29, 1.82) is 15.8 Å². The summed E-state index contributed by atoms with van der Waals surface area (Å²) in [6.07, 6.45) is 32.2. The third-order valence-corrected chi connectivity index (χ3v) is 22.9. The summed E-state index contributed by atoms with van der Waals surface area (Å²) in [5, 5.41) is 46.7. The summed E-state index contributed by atoms with van der Waals surface area (Å²) in [6.45, 7) is 11.0. The van der Waals surface area contributed by atoms with E-state index in [1.165, 1.54) is 59.3 Å². The Morgan fingerprint density at radius 3 is 1.43 bits per heavy atom. The number of hydrogen-bond acceptors (Lipinski definition) is 11. The first-order valence-electron chi connectivity index (χ1n) is 29.4. The molecular weight excluding hydrogens is 951 g/mol. The van der Waals surface area contributed by atoms with Crippen molar-refractivity contribution in [2.75, 3.05) is 21.3 Å². The lowest BCUT2D eigenvalue weighted by Gasteiger charge is -2.53. The molecule has 12 rings (SSSR count). The number of methoxy groups -OCH3 is 3. The number of rotatable bonds is 4. The van der Waals surface area contributed by atoms with Crippen LogP contribution in [0, 0.1) is 103 Å². The Hall–Kier alpha value is -4.63. The topological polar surface area (TPSA) is 183 Å². The van der Waals surface area contributed by atoms with Gasteiger partial charge in [0.05, 0.1) is 50.7 Å². The van der Waals surface area contributed by atoms with E-state index in [4.69, 9.17) is 29.3 Å². The Labute approximate surface area is 454 Å². The van der Waals surface area contributed by atoms with Crippen molar-refractivity contribution in [1.82, 2.24) is 0 Å². The fraction of sp³-hybridized carbons (Fsp3) is 0.738. The maximum atomic E-state index is 12.3. The van der Waals surface area contributed by atoms with Gasteiger partial charge in [0.25, 0.3) is 0 Å². The van der Waals surface area contributed by atoms with Crippen LogP contribution in [0.15, 0.2) is 68.9 Å². The number of carbonyl (C=O) groups excluding carboxylic acids is 2. The van der Waals surface area contributed by atoms with Crippen molar-refractivity contribution in [3.05, 3.63) is 68.9 Å². The number of carbonyl (C=O) groups is 2. The molecule has 0 aromatic rings. The number of nitriles is 3. The number of fused-ring (bicyclic) bond motifs is 12. The van der Waals surface area contributed by atoms with E-state index in [1.54, 1.807) is 60.8 Å². The minimum Gasteiger partial charge on any atom is -0.501 e. The first-order valence-corrected chi connectivity index (χ1v) is 29.4. The SMILES string of the molecule is CC(C)(O)C#N.COC1=CCC2=C(CC[C@@H]3[C@@H]2CC[C@@]2(C)[C@H]3CCC2(C#N)OC(C)=O)C1.COC1=CCC2=C(CC[C@@H]3[C@@H]2CC[C@@]2(C)[C@H]3CCC2(O)C#N)C1.COC1=CCC2=C(CC[C@@H]3[C@@H]2CC[C@]2(C)C(=O)CC[C@@H]32)C1. The smallest absolute Gasteiger partial charge is 0.304 e. The molecule has 6 fully saturated rings. The lowest BCUT2D eigenvalue weighted by atomic mass is 9.52. The van der Waals surface area contributed by atoms with Crippen molar-refractivity contribution in [2.45, 2.75) is 212 Å². The van der Waals surface area contributed by atoms with Crippen molar-refractivity contribution >= 4 is 11.8 Å². The molecule has 12 aliphatic carbocycles. The highest BCUT2D eigenvalue weighted by atomic mass is 16.6. The molecule has 2 unspecified atom stereocenters. The Morgan fingerprint density at radius 2 is 1.01 bits per heavy atom. The third kappa shape index (κ3) is 9.75. The molecule has 6 saturated carbocycles. The average molecular weight is 1040 g/mol. The number of hydrogen-bond donors (Lipinski definition) is 2. The van der Waals surface area contributed by atoms with Crippen LogP contribution in [-0.4, -0.2) is 60.1 Å². The van der Waals surface area contributed by atoms with Crippen LogP contribution >= 0.6 is 0 Å². The molecular formula is C65H89N3O8. The summed E-state index contributed by atoms with van der Waals surface area (Å²) in [5.74, 6) is 9.38. The molecule has 0 aromatic carbocycles. The molecule has 76 heavy (non-hydrogen) atoms. The maximum absolute atomic E-state index is 12.3. The van der Waals surface area contributed by atoms with Gasteiger partial charge >= 0.3 is 5.97 Å². The van der Waals surface area contributed by atoms with E-state index < -0.39 is 16.8 Å². The molecule has 12 aliphatic rings. The van der Waals surface area contributed by atoms with E-state index in [1.807, 2.05) is 0 Å². The van der Waals surface area contributed by atoms with Crippen LogP contribution in [0.1, 0.15) is 196 Å². The van der Waals surface area contributed by atoms with Crippen LogP contribution in [0.2, 0.25) is 0 Å². The van der Waals surface area contributed by atoms with Gasteiger partial charge in [-0.25, -0.2) is 0 Å². The number of ether oxygens (including phenoxy) is 4. The van der Waals surface area contributed by atoms with Crippen molar-refractivity contribution in [3.63, 3.8) is 0 Å². The van der Waals surface area contributed by atoms with Gasteiger partial charge < -0.3 is 29.2 Å². The fourth-order valence-electron chi connectivity index (χ4n) is 18.7. The number of ketones is 1. The summed E-state index contributed by atoms with van der Waals surface area (Å²) < 4.78 is 22.1. The van der Waals surface area contributed by atoms with Gasteiger partial charge in [-0.1, -0.05) is 54.2 Å². The van der Waals surface area contributed by atoms with Gasteiger partial charge in [-0.2, -0.15) is 15.8 Å². The van der Waals surface area contributed by atoms with Gasteiger partial charge in [-0.05, 0) is 207 Å². The Morgan fingerprint density at radius 1 is 0.592 bits per heavy atom. The molecule has 0 bridgehead atoms. The maximum Gasteiger partial charge on any atom is 0.304 e. The lowest BCUT2D eigenvalue weighted by molar-refractivity contribution is -0.166. The van der Waals surface area contributed by atoms with Crippen LogP contribution in [0.3, 0.4) is 0 Å². The second-order valence-electron chi connectivity index (χ2n) is 26.5. The molecule has 0 radical (unpaired) electrons. The minimum atomic E-state index is -1.15. The standard InChI is InChI=1S/C22H29NO3.C20H27NO2.C19H26O2.C4H7NO/c1-14(24)26-22(13-23)11-9-20-19-6-4-15-12-16(25-3)5-7-17(15)18(19)8-10-21(20,22)2;1-19-9-7-16-15-6-4-14(23-2)11-13(15)3-5-17(16)18(19)8-10-20(19,22)12-21;1-19-10-9-15-14-6-4-13(21-2)11-12(14)3-5-16(15)17(19)7-8-18(19)20;1-4(2,6)3-5/h5,18-20H,4,6-12H2,1-3H3;4,16-18,22H,3,5-11H2,1-2H3;4,15-17H,3,5-11H2,1-2H3;6H,1-2H3/t18-,19-,20+,21+,22?;16-,17-,18+,19+,20?;15-,16-,17+,19+;/m111./s1. The van der Waals surface area contributed by atoms with Crippen molar-refractivity contribution < 1.29 is 38.7 Å².